The number of aliphatic hydroxyl groups is 6. The normalized spacial score (nSPS) is 51.0. The van der Waals surface area contributed by atoms with E-state index in [2.05, 4.69) is 34.6 Å². The number of aliphatic hydroxyl groups excluding tert-OH is 6. The van der Waals surface area contributed by atoms with Crippen LogP contribution in [0.15, 0.2) is 0 Å². The van der Waals surface area contributed by atoms with Gasteiger partial charge in [-0.25, -0.2) is 0 Å². The molecule has 2 spiro atoms. The first-order chi connectivity index (χ1) is 21.3. The van der Waals surface area contributed by atoms with Gasteiger partial charge in [0.1, 0.15) is 36.0 Å². The lowest BCUT2D eigenvalue weighted by Gasteiger charge is -2.62. The summed E-state index contributed by atoms with van der Waals surface area (Å²) in [6.45, 7) is 13.9. The van der Waals surface area contributed by atoms with Crippen molar-refractivity contribution in [2.24, 2.45) is 50.7 Å². The van der Waals surface area contributed by atoms with Crippen molar-refractivity contribution in [3.8, 4) is 0 Å². The fraction of sp³-hybridized carbons (Fsp3) is 0.944. The highest BCUT2D eigenvalue weighted by Gasteiger charge is 2.88. The number of hydrogen-bond acceptors (Lipinski definition) is 10. The summed E-state index contributed by atoms with van der Waals surface area (Å²) in [5.41, 5.74) is -3.06. The summed E-state index contributed by atoms with van der Waals surface area (Å²) in [6.07, 6.45) is -2.47. The molecule has 0 unspecified atom stereocenters. The number of carbonyl (C=O) groups is 2. The van der Waals surface area contributed by atoms with Crippen LogP contribution in [0.25, 0.3) is 0 Å². The van der Waals surface area contributed by atoms with Crippen molar-refractivity contribution in [3.05, 3.63) is 0 Å². The van der Waals surface area contributed by atoms with Crippen molar-refractivity contribution in [2.75, 3.05) is 6.61 Å². The number of rotatable bonds is 8. The number of ether oxygens (including phenoxy) is 2. The van der Waals surface area contributed by atoms with Crippen LogP contribution >= 0.6 is 0 Å². The molecule has 0 radical (unpaired) electrons. The van der Waals surface area contributed by atoms with Gasteiger partial charge in [-0.15, -0.1) is 0 Å². The van der Waals surface area contributed by atoms with E-state index in [0.29, 0.717) is 25.7 Å². The molecule has 6 aliphatic rings. The predicted molar refractivity (Wildman–Crippen MR) is 167 cm³/mol. The lowest BCUT2D eigenvalue weighted by atomic mass is 9.41. The smallest absolute Gasteiger partial charge is 0.187 e. The number of hydrogen-bond donors (Lipinski definition) is 6. The number of fused-ring (bicyclic) bond motifs is 2. The Morgan fingerprint density at radius 1 is 0.891 bits per heavy atom. The third-order valence-corrected chi connectivity index (χ3v) is 15.3. The summed E-state index contributed by atoms with van der Waals surface area (Å²) >= 11 is 0. The molecule has 5 saturated carbocycles. The quantitative estimate of drug-likeness (QED) is 0.229. The zero-order chi connectivity index (χ0) is 34.0. The summed E-state index contributed by atoms with van der Waals surface area (Å²) in [7, 11) is 0. The van der Waals surface area contributed by atoms with E-state index in [1.165, 1.54) is 0 Å². The number of Topliss-reactive ketones (excluding diaryl/α,β-unsaturated/α-hetero) is 2. The standard InChI is InChI=1S/C36H58O10/c1-18(8-11-23(38)32(4,5)46-30-29(44)28(43)27(42)20(16-37)45-30)19-12-13-33(6)22-10-9-21-31(2,3)24(39)14-25(40)35(21)17-36(22,35)26(41)15-34(19,33)7/h18-24,27-30,37-39,42-44H,8-17H2,1-7H3/t18-,19-,20-,21+,22+,23+,24-,27-,28+,29-,30+,33+,34-,35-,36+/m1/s1. The van der Waals surface area contributed by atoms with Gasteiger partial charge in [0.15, 0.2) is 6.29 Å². The van der Waals surface area contributed by atoms with Gasteiger partial charge >= 0.3 is 0 Å². The van der Waals surface area contributed by atoms with Gasteiger partial charge in [-0.3, -0.25) is 9.59 Å². The Labute approximate surface area is 273 Å². The van der Waals surface area contributed by atoms with Crippen LogP contribution in [0, 0.1) is 50.7 Å². The Kier molecular flexibility index (Phi) is 8.35. The summed E-state index contributed by atoms with van der Waals surface area (Å²) < 4.78 is 11.5. The molecular weight excluding hydrogens is 592 g/mol. The lowest BCUT2D eigenvalue weighted by Crippen LogP contribution is -2.62. The van der Waals surface area contributed by atoms with Crippen LogP contribution in [0.1, 0.15) is 106 Å². The molecular formula is C36H58O10. The largest absolute Gasteiger partial charge is 0.394 e. The highest BCUT2D eigenvalue weighted by atomic mass is 16.7. The maximum absolute atomic E-state index is 14.5. The molecule has 0 aromatic rings. The second-order valence-corrected chi connectivity index (χ2v) is 17.8. The van der Waals surface area contributed by atoms with Gasteiger partial charge in [-0.1, -0.05) is 34.6 Å². The van der Waals surface area contributed by atoms with Crippen LogP contribution in [0.4, 0.5) is 0 Å². The van der Waals surface area contributed by atoms with E-state index in [1.54, 1.807) is 13.8 Å². The minimum absolute atomic E-state index is 0.0376. The molecule has 0 amide bonds. The Balaban J connectivity index is 1.15. The Morgan fingerprint density at radius 2 is 1.52 bits per heavy atom. The molecule has 0 aromatic heterocycles. The third kappa shape index (κ3) is 4.42. The van der Waals surface area contributed by atoms with Crippen molar-refractivity contribution < 1.29 is 49.7 Å². The van der Waals surface area contributed by atoms with E-state index >= 15 is 0 Å². The average molecular weight is 651 g/mol. The van der Waals surface area contributed by atoms with Gasteiger partial charge in [-0.2, -0.15) is 0 Å². The van der Waals surface area contributed by atoms with E-state index in [-0.39, 0.29) is 52.5 Å². The first kappa shape index (κ1) is 34.9. The molecule has 10 nitrogen and oxygen atoms in total. The monoisotopic (exact) mass is 650 g/mol. The van der Waals surface area contributed by atoms with Crippen LogP contribution in [-0.2, 0) is 19.1 Å². The first-order valence-corrected chi connectivity index (χ1v) is 17.7. The van der Waals surface area contributed by atoms with E-state index < -0.39 is 71.4 Å². The molecule has 46 heavy (non-hydrogen) atoms. The second kappa shape index (κ2) is 11.0. The molecule has 1 heterocycles. The average Bonchev–Trinajstić information content (AvgIpc) is 3.63. The molecule has 6 rings (SSSR count). The van der Waals surface area contributed by atoms with Gasteiger partial charge in [0, 0.05) is 23.7 Å². The van der Waals surface area contributed by atoms with E-state index in [9.17, 15) is 40.2 Å². The molecule has 1 aliphatic heterocycles. The van der Waals surface area contributed by atoms with Crippen LogP contribution in [0.5, 0.6) is 0 Å². The lowest BCUT2D eigenvalue weighted by molar-refractivity contribution is -0.331. The van der Waals surface area contributed by atoms with Gasteiger partial charge in [0.05, 0.1) is 24.4 Å². The minimum atomic E-state index is -1.56. The van der Waals surface area contributed by atoms with E-state index in [0.717, 1.165) is 25.7 Å². The minimum Gasteiger partial charge on any atom is -0.394 e. The van der Waals surface area contributed by atoms with Crippen molar-refractivity contribution >= 4 is 11.6 Å². The topological polar surface area (TPSA) is 174 Å². The van der Waals surface area contributed by atoms with Crippen LogP contribution in [0.3, 0.4) is 0 Å². The molecule has 1 saturated heterocycles. The molecule has 5 aliphatic carbocycles. The fourth-order valence-electron chi connectivity index (χ4n) is 12.2. The van der Waals surface area contributed by atoms with Gasteiger partial charge < -0.3 is 40.1 Å². The molecule has 6 fully saturated rings. The van der Waals surface area contributed by atoms with Crippen LogP contribution < -0.4 is 0 Å². The van der Waals surface area contributed by atoms with E-state index in [1.807, 2.05) is 0 Å². The molecule has 0 bridgehead atoms. The highest BCUT2D eigenvalue weighted by Crippen LogP contribution is 2.87. The van der Waals surface area contributed by atoms with Crippen LogP contribution in [-0.4, -0.2) is 97.3 Å². The van der Waals surface area contributed by atoms with Gasteiger partial charge in [0.2, 0.25) is 0 Å². The fourth-order valence-corrected chi connectivity index (χ4v) is 12.2. The molecule has 6 N–H and O–H groups in total. The first-order valence-electron chi connectivity index (χ1n) is 17.7. The zero-order valence-corrected chi connectivity index (χ0v) is 28.7. The zero-order valence-electron chi connectivity index (χ0n) is 28.7. The van der Waals surface area contributed by atoms with E-state index in [4.69, 9.17) is 9.47 Å². The Bertz CT molecular complexity index is 1230. The van der Waals surface area contributed by atoms with Gasteiger partial charge in [-0.05, 0) is 98.7 Å². The maximum atomic E-state index is 14.5. The van der Waals surface area contributed by atoms with Crippen LogP contribution in [0.2, 0.25) is 0 Å². The maximum Gasteiger partial charge on any atom is 0.187 e. The predicted octanol–water partition coefficient (Wildman–Crippen LogP) is 2.52. The summed E-state index contributed by atoms with van der Waals surface area (Å²) in [6, 6.07) is 0. The summed E-state index contributed by atoms with van der Waals surface area (Å²) in [5, 5.41) is 62.4. The van der Waals surface area contributed by atoms with Crippen molar-refractivity contribution in [1.29, 1.82) is 0 Å². The molecule has 262 valence electrons. The van der Waals surface area contributed by atoms with Crippen molar-refractivity contribution in [3.63, 3.8) is 0 Å². The highest BCUT2D eigenvalue weighted by molar-refractivity contribution is 6.03. The summed E-state index contributed by atoms with van der Waals surface area (Å²) in [4.78, 5) is 28.3. The van der Waals surface area contributed by atoms with Crippen molar-refractivity contribution in [1.82, 2.24) is 0 Å². The SMILES string of the molecule is C[C@H](CC[C@H](O)C(C)(C)O[C@@H]1O[C@H](CO)[C@@H](O)[C@H](O)[C@H]1O)[C@H]1CC[C@@]2(C)[C@@H]3CC[C@H]4C(C)(C)[C@H](O)CC(=O)[C@@]45C[C@@]35C(=O)C[C@]12C. The Morgan fingerprint density at radius 3 is 2.17 bits per heavy atom. The molecule has 10 heteroatoms. The second-order valence-electron chi connectivity index (χ2n) is 17.8. The molecule has 0 aromatic carbocycles. The third-order valence-electron chi connectivity index (χ3n) is 15.3. The van der Waals surface area contributed by atoms with Crippen molar-refractivity contribution in [2.45, 2.75) is 155 Å². The number of ketones is 2. The molecule has 15 atom stereocenters. The van der Waals surface area contributed by atoms with Gasteiger partial charge in [0.25, 0.3) is 0 Å². The Hall–Kier alpha value is -0.980. The number of carbonyl (C=O) groups excluding carboxylic acids is 2. The summed E-state index contributed by atoms with van der Waals surface area (Å²) in [5.74, 6) is 1.05.